The Labute approximate surface area is 640 Å². The van der Waals surface area contributed by atoms with Gasteiger partial charge < -0.3 is 18.3 Å². The van der Waals surface area contributed by atoms with E-state index in [-0.39, 0.29) is 0 Å². The fourth-order valence-corrected chi connectivity index (χ4v) is 20.1. The van der Waals surface area contributed by atoms with Crippen molar-refractivity contribution in [1.82, 2.24) is 18.3 Å². The minimum Gasteiger partial charge on any atom is -0.309 e. The van der Waals surface area contributed by atoms with E-state index in [1.54, 1.807) is 0 Å². The van der Waals surface area contributed by atoms with E-state index >= 15 is 0 Å². The van der Waals surface area contributed by atoms with Gasteiger partial charge in [-0.25, -0.2) is 0 Å². The maximum Gasteiger partial charge on any atom is 0.0541 e. The van der Waals surface area contributed by atoms with E-state index < -0.39 is 0 Å². The van der Waals surface area contributed by atoms with Gasteiger partial charge in [0, 0.05) is 106 Å². The summed E-state index contributed by atoms with van der Waals surface area (Å²) in [5.74, 6) is 0. The van der Waals surface area contributed by atoms with E-state index in [9.17, 15) is 0 Å². The molecule has 0 aliphatic rings. The lowest BCUT2D eigenvalue weighted by molar-refractivity contribution is 1.18. The first kappa shape index (κ1) is 62.3. The largest absolute Gasteiger partial charge is 0.309 e. The molecule has 0 aliphatic heterocycles. The highest BCUT2D eigenvalue weighted by atomic mass is 32.1. The van der Waals surface area contributed by atoms with Gasteiger partial charge in [0.15, 0.2) is 0 Å². The molecule has 6 heteroatoms. The Kier molecular flexibility index (Phi) is 14.1. The van der Waals surface area contributed by atoms with Crippen molar-refractivity contribution in [3.05, 3.63) is 388 Å². The number of nitrogens with zero attached hydrogens (tertiary/aromatic N) is 4. The first-order chi connectivity index (χ1) is 54.5. The van der Waals surface area contributed by atoms with Crippen LogP contribution in [-0.2, 0) is 0 Å². The van der Waals surface area contributed by atoms with Crippen LogP contribution in [0.5, 0.6) is 0 Å². The molecule has 0 radical (unpaired) electrons. The number of aromatic nitrogens is 4. The Bertz CT molecular complexity index is 7910. The van der Waals surface area contributed by atoms with E-state index in [1.165, 1.54) is 205 Å². The monoisotopic (exact) mass is 1430 g/mol. The standard InChI is InChI=1S/2C52H32N2S/c1-2-13-38(14-3-1)53-48-27-23-36(31-44(48)45-32-37(24-28-49(45)53)40-17-10-20-51-52(40)42-16-7-9-19-50(42)55-51)35-22-26-47-43(30-35)41-15-6-8-18-46(41)54(47)39-25-21-33-11-4-5-12-34(33)29-39;1-2-12-39(13-3-1)53-49-25-20-36(30-44(49)45-31-37(21-26-50(45)53)38-22-27-52-46(32-38)42-15-7-9-17-51(42)55-52)35-19-24-48-43(29-35)41-14-6-8-16-47(41)54(48)40-23-18-33-10-4-5-11-34(33)28-40/h2*1-32H. The topological polar surface area (TPSA) is 19.7 Å². The maximum absolute atomic E-state index is 2.42. The summed E-state index contributed by atoms with van der Waals surface area (Å²) in [5.41, 5.74) is 24.2. The number of hydrogen-bond acceptors (Lipinski definition) is 2. The first-order valence-electron chi connectivity index (χ1n) is 37.7. The van der Waals surface area contributed by atoms with Gasteiger partial charge in [-0.3, -0.25) is 0 Å². The summed E-state index contributed by atoms with van der Waals surface area (Å²) >= 11 is 3.74. The number of fused-ring (bicyclic) bond motifs is 20. The zero-order valence-electron chi connectivity index (χ0n) is 59.6. The third-order valence-electron chi connectivity index (χ3n) is 23.0. The van der Waals surface area contributed by atoms with Crippen molar-refractivity contribution in [3.63, 3.8) is 0 Å². The first-order valence-corrected chi connectivity index (χ1v) is 39.3. The number of hydrogen-bond donors (Lipinski definition) is 0. The fourth-order valence-electron chi connectivity index (χ4n) is 17.9. The fraction of sp³-hybridized carbons (Fsp3) is 0. The van der Waals surface area contributed by atoms with Crippen LogP contribution in [0, 0.1) is 0 Å². The molecule has 512 valence electrons. The molecule has 4 nitrogen and oxygen atoms in total. The average Bonchev–Trinajstić information content (AvgIpc) is 1.59. The van der Waals surface area contributed by atoms with Crippen LogP contribution in [0.1, 0.15) is 0 Å². The molecule has 0 saturated carbocycles. The number of thiophene rings is 2. The Morgan fingerprint density at radius 3 is 0.936 bits per heavy atom. The summed E-state index contributed by atoms with van der Waals surface area (Å²) in [7, 11) is 0. The van der Waals surface area contributed by atoms with Crippen LogP contribution in [0.25, 0.3) is 216 Å². The Balaban J connectivity index is 0.000000132. The van der Waals surface area contributed by atoms with Crippen molar-refractivity contribution in [2.75, 3.05) is 0 Å². The van der Waals surface area contributed by atoms with Crippen LogP contribution in [0.15, 0.2) is 388 Å². The molecule has 6 heterocycles. The quantitative estimate of drug-likeness (QED) is 0.144. The second-order valence-electron chi connectivity index (χ2n) is 29.1. The summed E-state index contributed by atoms with van der Waals surface area (Å²) < 4.78 is 15.0. The molecule has 0 bridgehead atoms. The van der Waals surface area contributed by atoms with Crippen LogP contribution in [0.2, 0.25) is 0 Å². The van der Waals surface area contributed by atoms with Gasteiger partial charge in [-0.1, -0.05) is 224 Å². The minimum atomic E-state index is 1.16. The van der Waals surface area contributed by atoms with Crippen LogP contribution in [0.4, 0.5) is 0 Å². The SMILES string of the molecule is c1ccc(-n2c3ccc(-c4ccc5c(c4)c4ccccc4n5-c4ccc5ccccc5c4)cc3c3cc(-c4cccc5sc6ccccc6c45)ccc32)cc1.c1ccc(-n2c3ccc(-c4ccc5sc6ccccc6c5c4)cc3c3cc(-c4ccc5c(c4)c4ccccc4n5-c4ccc5ccccc5c4)ccc32)cc1. The highest BCUT2D eigenvalue weighted by Gasteiger charge is 2.22. The van der Waals surface area contributed by atoms with Crippen molar-refractivity contribution < 1.29 is 0 Å². The molecule has 0 saturated heterocycles. The van der Waals surface area contributed by atoms with Crippen LogP contribution in [0.3, 0.4) is 0 Å². The van der Waals surface area contributed by atoms with E-state index in [2.05, 4.69) is 407 Å². The van der Waals surface area contributed by atoms with Crippen LogP contribution in [-0.4, -0.2) is 18.3 Å². The van der Waals surface area contributed by atoms with E-state index in [1.807, 2.05) is 22.7 Å². The Morgan fingerprint density at radius 1 is 0.155 bits per heavy atom. The van der Waals surface area contributed by atoms with Gasteiger partial charge in [0.2, 0.25) is 0 Å². The van der Waals surface area contributed by atoms with Crippen molar-refractivity contribution >= 4 is 172 Å². The molecule has 0 spiro atoms. The predicted molar refractivity (Wildman–Crippen MR) is 473 cm³/mol. The van der Waals surface area contributed by atoms with Crippen molar-refractivity contribution in [1.29, 1.82) is 0 Å². The molecular weight excluding hydrogens is 1370 g/mol. The molecule has 0 unspecified atom stereocenters. The second-order valence-corrected chi connectivity index (χ2v) is 31.3. The molecule has 0 N–H and O–H groups in total. The Morgan fingerprint density at radius 2 is 0.464 bits per heavy atom. The van der Waals surface area contributed by atoms with Gasteiger partial charge in [0.25, 0.3) is 0 Å². The number of para-hydroxylation sites is 4. The lowest BCUT2D eigenvalue weighted by Gasteiger charge is -2.10. The van der Waals surface area contributed by atoms with Gasteiger partial charge in [0.05, 0.1) is 44.1 Å². The molecule has 6 aromatic heterocycles. The van der Waals surface area contributed by atoms with Gasteiger partial charge in [-0.15, -0.1) is 22.7 Å². The molecular formula is C104H64N4S2. The number of benzene rings is 18. The molecule has 24 aromatic rings. The molecule has 0 atom stereocenters. The highest BCUT2D eigenvalue weighted by molar-refractivity contribution is 7.26. The molecule has 18 aromatic carbocycles. The van der Waals surface area contributed by atoms with Crippen molar-refractivity contribution in [2.24, 2.45) is 0 Å². The van der Waals surface area contributed by atoms with Crippen LogP contribution >= 0.6 is 22.7 Å². The zero-order valence-corrected chi connectivity index (χ0v) is 61.2. The summed E-state index contributed by atoms with van der Waals surface area (Å²) in [6.07, 6.45) is 0. The molecule has 0 fully saturated rings. The molecule has 0 aliphatic carbocycles. The van der Waals surface area contributed by atoms with E-state index in [0.29, 0.717) is 0 Å². The lowest BCUT2D eigenvalue weighted by Crippen LogP contribution is -1.94. The summed E-state index contributed by atoms with van der Waals surface area (Å²) in [6, 6.07) is 143. The summed E-state index contributed by atoms with van der Waals surface area (Å²) in [4.78, 5) is 0. The minimum absolute atomic E-state index is 1.16. The van der Waals surface area contributed by atoms with Gasteiger partial charge in [0.1, 0.15) is 0 Å². The smallest absolute Gasteiger partial charge is 0.0541 e. The van der Waals surface area contributed by atoms with Gasteiger partial charge >= 0.3 is 0 Å². The zero-order chi connectivity index (χ0) is 72.1. The molecule has 110 heavy (non-hydrogen) atoms. The third kappa shape index (κ3) is 9.90. The predicted octanol–water partition coefficient (Wildman–Crippen LogP) is 29.5. The van der Waals surface area contributed by atoms with Gasteiger partial charge in [-0.05, 0) is 230 Å². The summed E-state index contributed by atoms with van der Waals surface area (Å²) in [5, 5.41) is 20.3. The van der Waals surface area contributed by atoms with Crippen molar-refractivity contribution in [2.45, 2.75) is 0 Å². The highest BCUT2D eigenvalue weighted by Crippen LogP contribution is 2.46. The maximum atomic E-state index is 2.42. The molecule has 24 rings (SSSR count). The second kappa shape index (κ2) is 24.9. The number of rotatable bonds is 8. The average molecular weight is 1430 g/mol. The Hall–Kier alpha value is -13.9. The third-order valence-corrected chi connectivity index (χ3v) is 25.3. The lowest BCUT2D eigenvalue weighted by atomic mass is 9.97. The van der Waals surface area contributed by atoms with E-state index in [4.69, 9.17) is 0 Å². The van der Waals surface area contributed by atoms with Crippen LogP contribution < -0.4 is 0 Å². The normalized spacial score (nSPS) is 12.0. The van der Waals surface area contributed by atoms with Gasteiger partial charge in [-0.2, -0.15) is 0 Å². The molecule has 0 amide bonds. The summed E-state index contributed by atoms with van der Waals surface area (Å²) in [6.45, 7) is 0. The van der Waals surface area contributed by atoms with Crippen molar-refractivity contribution in [3.8, 4) is 67.3 Å². The van der Waals surface area contributed by atoms with E-state index in [0.717, 1.165) is 11.4 Å².